The van der Waals surface area contributed by atoms with Gasteiger partial charge in [0.2, 0.25) is 0 Å². The molecule has 196 valence electrons. The van der Waals surface area contributed by atoms with E-state index in [0.717, 1.165) is 63.9 Å². The van der Waals surface area contributed by atoms with E-state index in [1.807, 2.05) is 41.5 Å². The molecule has 0 aromatic rings. The van der Waals surface area contributed by atoms with Crippen LogP contribution < -0.4 is 10.6 Å². The molecule has 0 aliphatic heterocycles. The summed E-state index contributed by atoms with van der Waals surface area (Å²) in [5.74, 6) is 1.01. The first kappa shape index (κ1) is 29.9. The summed E-state index contributed by atoms with van der Waals surface area (Å²) in [4.78, 5) is 43.9. The van der Waals surface area contributed by atoms with Crippen LogP contribution in [-0.4, -0.2) is 48.0 Å². The number of hydrogen-bond donors (Lipinski definition) is 2. The Morgan fingerprint density at radius 2 is 0.941 bits per heavy atom. The predicted octanol–water partition coefficient (Wildman–Crippen LogP) is 5.32. The normalized spacial score (nSPS) is 25.1. The van der Waals surface area contributed by atoms with Crippen LogP contribution in [0, 0.1) is 11.8 Å². The molecular formula is C26H46N2O6. The van der Waals surface area contributed by atoms with Crippen LogP contribution >= 0.6 is 0 Å². The average molecular weight is 483 g/mol. The van der Waals surface area contributed by atoms with Crippen molar-refractivity contribution in [2.24, 2.45) is 11.8 Å². The molecule has 2 rings (SSSR count). The fraction of sp³-hybridized carbons (Fsp3) is 0.846. The second-order valence-corrected chi connectivity index (χ2v) is 11.5. The zero-order chi connectivity index (χ0) is 25.8. The largest absolute Gasteiger partial charge is 0.444 e. The first-order valence-electron chi connectivity index (χ1n) is 12.7. The van der Waals surface area contributed by atoms with Crippen molar-refractivity contribution in [2.45, 2.75) is 129 Å². The van der Waals surface area contributed by atoms with Crippen LogP contribution in [0.2, 0.25) is 0 Å². The van der Waals surface area contributed by atoms with Gasteiger partial charge >= 0.3 is 12.2 Å². The van der Waals surface area contributed by atoms with E-state index in [0.29, 0.717) is 24.7 Å². The predicted molar refractivity (Wildman–Crippen MR) is 132 cm³/mol. The Labute approximate surface area is 205 Å². The Morgan fingerprint density at radius 1 is 0.647 bits per heavy atom. The summed E-state index contributed by atoms with van der Waals surface area (Å²) in [5, 5.41) is 5.78. The lowest BCUT2D eigenvalue weighted by atomic mass is 9.84. The molecule has 0 spiro atoms. The van der Waals surface area contributed by atoms with Gasteiger partial charge in [-0.15, -0.1) is 0 Å². The standard InChI is InChI=1S/2C13H23NO3/c2*1-13(2,3)17-12(16)14-11-6-4-10(5-7-11)8-9-15/h2*9-11H,4-8H2,1-3H3,(H,14,16). The lowest BCUT2D eigenvalue weighted by Crippen LogP contribution is -2.40. The molecule has 2 amide bonds. The summed E-state index contributed by atoms with van der Waals surface area (Å²) in [5.41, 5.74) is -0.891. The lowest BCUT2D eigenvalue weighted by molar-refractivity contribution is -0.109. The van der Waals surface area contributed by atoms with Crippen LogP contribution in [0.25, 0.3) is 0 Å². The van der Waals surface area contributed by atoms with Gasteiger partial charge in [0.1, 0.15) is 23.8 Å². The third-order valence-electron chi connectivity index (χ3n) is 5.99. The van der Waals surface area contributed by atoms with Gasteiger partial charge in [-0.25, -0.2) is 9.59 Å². The number of aldehydes is 2. The smallest absolute Gasteiger partial charge is 0.407 e. The van der Waals surface area contributed by atoms with Crippen LogP contribution in [0.3, 0.4) is 0 Å². The zero-order valence-corrected chi connectivity index (χ0v) is 22.0. The number of rotatable bonds is 6. The summed E-state index contributed by atoms with van der Waals surface area (Å²) in [7, 11) is 0. The number of alkyl carbamates (subject to hydrolysis) is 2. The van der Waals surface area contributed by atoms with Crippen LogP contribution in [0.1, 0.15) is 106 Å². The van der Waals surface area contributed by atoms with E-state index in [1.54, 1.807) is 0 Å². The molecule has 2 N–H and O–H groups in total. The van der Waals surface area contributed by atoms with Gasteiger partial charge in [0.15, 0.2) is 0 Å². The lowest BCUT2D eigenvalue weighted by Gasteiger charge is -2.29. The Balaban J connectivity index is 0.000000340. The summed E-state index contributed by atoms with van der Waals surface area (Å²) in [6.07, 6.45) is 10.4. The molecule has 8 heteroatoms. The molecule has 34 heavy (non-hydrogen) atoms. The Hall–Kier alpha value is -2.12. The van der Waals surface area contributed by atoms with Crippen molar-refractivity contribution < 1.29 is 28.7 Å². The maximum Gasteiger partial charge on any atom is 0.407 e. The van der Waals surface area contributed by atoms with Gasteiger partial charge in [0, 0.05) is 24.9 Å². The van der Waals surface area contributed by atoms with Crippen LogP contribution in [0.15, 0.2) is 0 Å². The maximum atomic E-state index is 11.5. The summed E-state index contributed by atoms with van der Waals surface area (Å²) >= 11 is 0. The maximum absolute atomic E-state index is 11.5. The first-order chi connectivity index (χ1) is 15.8. The van der Waals surface area contributed by atoms with E-state index in [-0.39, 0.29) is 24.3 Å². The second-order valence-electron chi connectivity index (χ2n) is 11.5. The molecule has 2 aliphatic carbocycles. The van der Waals surface area contributed by atoms with Crippen LogP contribution in [0.5, 0.6) is 0 Å². The molecule has 2 fully saturated rings. The third kappa shape index (κ3) is 14.2. The van der Waals surface area contributed by atoms with Crippen molar-refractivity contribution in [1.29, 1.82) is 0 Å². The van der Waals surface area contributed by atoms with Gasteiger partial charge in [-0.1, -0.05) is 0 Å². The van der Waals surface area contributed by atoms with E-state index in [4.69, 9.17) is 9.47 Å². The molecule has 0 saturated heterocycles. The fourth-order valence-corrected chi connectivity index (χ4v) is 4.31. The SMILES string of the molecule is CC(C)(C)OC(=O)NC1CCC(CC=O)CC1.CC(C)(C)OC(=O)NC1CCC(CC=O)CC1. The highest BCUT2D eigenvalue weighted by molar-refractivity contribution is 5.68. The number of carbonyl (C=O) groups excluding carboxylic acids is 4. The van der Waals surface area contributed by atoms with Gasteiger partial charge in [0.05, 0.1) is 0 Å². The molecular weight excluding hydrogens is 436 g/mol. The molecule has 0 aromatic carbocycles. The van der Waals surface area contributed by atoms with Gasteiger partial charge < -0.3 is 29.7 Å². The van der Waals surface area contributed by atoms with Gasteiger partial charge in [-0.05, 0) is 105 Å². The van der Waals surface area contributed by atoms with Crippen LogP contribution in [-0.2, 0) is 19.1 Å². The summed E-state index contributed by atoms with van der Waals surface area (Å²) in [6.45, 7) is 11.1. The van der Waals surface area contributed by atoms with Crippen molar-refractivity contribution in [3.8, 4) is 0 Å². The summed E-state index contributed by atoms with van der Waals surface area (Å²) in [6, 6.07) is 0.403. The average Bonchev–Trinajstić information content (AvgIpc) is 2.69. The van der Waals surface area contributed by atoms with Crippen molar-refractivity contribution >= 4 is 24.8 Å². The van der Waals surface area contributed by atoms with E-state index in [9.17, 15) is 19.2 Å². The Morgan fingerprint density at radius 3 is 1.18 bits per heavy atom. The van der Waals surface area contributed by atoms with E-state index in [1.165, 1.54) is 0 Å². The van der Waals surface area contributed by atoms with Crippen molar-refractivity contribution in [3.05, 3.63) is 0 Å². The zero-order valence-electron chi connectivity index (χ0n) is 22.0. The number of amides is 2. The molecule has 0 atom stereocenters. The molecule has 0 unspecified atom stereocenters. The van der Waals surface area contributed by atoms with Crippen LogP contribution in [0.4, 0.5) is 9.59 Å². The van der Waals surface area contributed by atoms with Crippen molar-refractivity contribution in [3.63, 3.8) is 0 Å². The monoisotopic (exact) mass is 482 g/mol. The molecule has 0 bridgehead atoms. The van der Waals surface area contributed by atoms with Gasteiger partial charge in [-0.3, -0.25) is 0 Å². The van der Waals surface area contributed by atoms with Crippen molar-refractivity contribution in [1.82, 2.24) is 10.6 Å². The minimum Gasteiger partial charge on any atom is -0.444 e. The number of ether oxygens (including phenoxy) is 2. The number of hydrogen-bond acceptors (Lipinski definition) is 6. The highest BCUT2D eigenvalue weighted by Crippen LogP contribution is 2.27. The highest BCUT2D eigenvalue weighted by Gasteiger charge is 2.25. The molecule has 0 radical (unpaired) electrons. The molecule has 0 heterocycles. The van der Waals surface area contributed by atoms with Gasteiger partial charge in [0.25, 0.3) is 0 Å². The third-order valence-corrected chi connectivity index (χ3v) is 5.99. The number of carbonyl (C=O) groups is 4. The minimum atomic E-state index is -0.446. The van der Waals surface area contributed by atoms with E-state index < -0.39 is 11.2 Å². The fourth-order valence-electron chi connectivity index (χ4n) is 4.31. The van der Waals surface area contributed by atoms with Gasteiger partial charge in [-0.2, -0.15) is 0 Å². The van der Waals surface area contributed by atoms with Crippen molar-refractivity contribution in [2.75, 3.05) is 0 Å². The van der Waals surface area contributed by atoms with E-state index in [2.05, 4.69) is 10.6 Å². The molecule has 0 aromatic heterocycles. The summed E-state index contributed by atoms with van der Waals surface area (Å²) < 4.78 is 10.4. The van der Waals surface area contributed by atoms with E-state index >= 15 is 0 Å². The highest BCUT2D eigenvalue weighted by atomic mass is 16.6. The Kier molecular flexibility index (Phi) is 12.6. The topological polar surface area (TPSA) is 111 Å². The first-order valence-corrected chi connectivity index (χ1v) is 12.7. The molecule has 8 nitrogen and oxygen atoms in total. The second kappa shape index (κ2) is 14.3. The minimum absolute atomic E-state index is 0.202. The number of nitrogens with one attached hydrogen (secondary N) is 2. The molecule has 2 saturated carbocycles. The quantitative estimate of drug-likeness (QED) is 0.496. The molecule has 2 aliphatic rings. The Bertz CT molecular complexity index is 581.